The van der Waals surface area contributed by atoms with Crippen LogP contribution in [-0.4, -0.2) is 34.6 Å². The standard InChI is InChI=1S/C24H25Cl2N3O3/c1-4-32-23(31)20-21(15-9-10-16(25)17(26)13-15)29-19-8-6-5-7-18(19)27-24(29)28(22(20)30)12-11-14(2)3/h5-10,13-14,20-21H,4,11-12H2,1-3H3/t20-,21+/m1/s1. The fourth-order valence-corrected chi connectivity index (χ4v) is 4.45. The number of benzene rings is 2. The molecule has 3 aromatic rings. The molecule has 0 aliphatic carbocycles. The third-order valence-corrected chi connectivity index (χ3v) is 6.44. The van der Waals surface area contributed by atoms with Crippen molar-refractivity contribution in [2.45, 2.75) is 33.2 Å². The highest BCUT2D eigenvalue weighted by molar-refractivity contribution is 6.42. The van der Waals surface area contributed by atoms with Gasteiger partial charge >= 0.3 is 5.97 Å². The molecule has 8 heteroatoms. The number of aromatic nitrogens is 2. The zero-order valence-electron chi connectivity index (χ0n) is 18.2. The minimum absolute atomic E-state index is 0.181. The summed E-state index contributed by atoms with van der Waals surface area (Å²) in [4.78, 5) is 33.3. The molecular formula is C24H25Cl2N3O3. The summed E-state index contributed by atoms with van der Waals surface area (Å²) in [5.41, 5.74) is 2.27. The number of carbonyl (C=O) groups excluding carboxylic acids is 2. The van der Waals surface area contributed by atoms with Gasteiger partial charge < -0.3 is 9.30 Å². The van der Waals surface area contributed by atoms with Crippen molar-refractivity contribution >= 4 is 52.1 Å². The minimum atomic E-state index is -1.07. The molecule has 4 rings (SSSR count). The van der Waals surface area contributed by atoms with Crippen LogP contribution in [0.1, 0.15) is 38.8 Å². The van der Waals surface area contributed by atoms with Crippen molar-refractivity contribution in [1.82, 2.24) is 9.55 Å². The molecule has 1 aliphatic rings. The number of fused-ring (bicyclic) bond motifs is 3. The Balaban J connectivity index is 1.97. The maximum absolute atomic E-state index is 13.7. The van der Waals surface area contributed by atoms with Crippen LogP contribution in [0.15, 0.2) is 42.5 Å². The quantitative estimate of drug-likeness (QED) is 0.349. The lowest BCUT2D eigenvalue weighted by molar-refractivity contribution is -0.153. The van der Waals surface area contributed by atoms with Crippen LogP contribution in [-0.2, 0) is 14.3 Å². The van der Waals surface area contributed by atoms with Crippen LogP contribution in [0, 0.1) is 11.8 Å². The first-order chi connectivity index (χ1) is 15.3. The molecule has 1 aromatic heterocycles. The molecule has 1 aliphatic heterocycles. The highest BCUT2D eigenvalue weighted by Gasteiger charge is 2.47. The maximum Gasteiger partial charge on any atom is 0.321 e. The molecule has 0 spiro atoms. The zero-order valence-corrected chi connectivity index (χ0v) is 19.7. The normalized spacial score (nSPS) is 18.3. The van der Waals surface area contributed by atoms with Gasteiger partial charge in [0.1, 0.15) is 0 Å². The number of imidazole rings is 1. The smallest absolute Gasteiger partial charge is 0.321 e. The first-order valence-corrected chi connectivity index (χ1v) is 11.5. The number of esters is 1. The molecule has 0 radical (unpaired) electrons. The summed E-state index contributed by atoms with van der Waals surface area (Å²) in [5.74, 6) is -1.04. The summed E-state index contributed by atoms with van der Waals surface area (Å²) in [6.07, 6.45) is 0.780. The first kappa shape index (κ1) is 22.6. The van der Waals surface area contributed by atoms with E-state index in [0.29, 0.717) is 34.0 Å². The van der Waals surface area contributed by atoms with E-state index in [1.807, 2.05) is 28.8 Å². The number of hydrogen-bond acceptors (Lipinski definition) is 4. The van der Waals surface area contributed by atoms with Gasteiger partial charge in [-0.2, -0.15) is 0 Å². The summed E-state index contributed by atoms with van der Waals surface area (Å²) < 4.78 is 7.31. The monoisotopic (exact) mass is 473 g/mol. The number of hydrogen-bond donors (Lipinski definition) is 0. The van der Waals surface area contributed by atoms with Gasteiger partial charge in [-0.05, 0) is 49.1 Å². The molecule has 168 valence electrons. The van der Waals surface area contributed by atoms with Gasteiger partial charge in [0.15, 0.2) is 5.92 Å². The maximum atomic E-state index is 13.7. The van der Waals surface area contributed by atoms with Crippen molar-refractivity contribution in [3.63, 3.8) is 0 Å². The van der Waals surface area contributed by atoms with E-state index in [0.717, 1.165) is 17.5 Å². The van der Waals surface area contributed by atoms with E-state index in [9.17, 15) is 9.59 Å². The van der Waals surface area contributed by atoms with Crippen LogP contribution in [0.3, 0.4) is 0 Å². The lowest BCUT2D eigenvalue weighted by Crippen LogP contribution is -2.50. The Bertz CT molecular complexity index is 1170. The molecule has 0 N–H and O–H groups in total. The van der Waals surface area contributed by atoms with E-state index in [4.69, 9.17) is 32.9 Å². The molecule has 1 amide bonds. The molecular weight excluding hydrogens is 449 g/mol. The van der Waals surface area contributed by atoms with Crippen LogP contribution in [0.4, 0.5) is 5.95 Å². The van der Waals surface area contributed by atoms with Crippen LogP contribution in [0.2, 0.25) is 10.0 Å². The zero-order chi connectivity index (χ0) is 23.0. The molecule has 0 fully saturated rings. The van der Waals surface area contributed by atoms with E-state index in [2.05, 4.69) is 13.8 Å². The van der Waals surface area contributed by atoms with Gasteiger partial charge in [-0.1, -0.05) is 55.2 Å². The summed E-state index contributed by atoms with van der Waals surface area (Å²) in [6.45, 7) is 6.56. The third-order valence-electron chi connectivity index (χ3n) is 5.70. The summed E-state index contributed by atoms with van der Waals surface area (Å²) in [5, 5.41) is 0.756. The lowest BCUT2D eigenvalue weighted by Gasteiger charge is -2.38. The topological polar surface area (TPSA) is 64.4 Å². The Morgan fingerprint density at radius 3 is 2.59 bits per heavy atom. The Morgan fingerprint density at radius 2 is 1.91 bits per heavy atom. The number of para-hydroxylation sites is 2. The van der Waals surface area contributed by atoms with Crippen molar-refractivity contribution in [3.8, 4) is 0 Å². The van der Waals surface area contributed by atoms with Gasteiger partial charge in [-0.25, -0.2) is 4.98 Å². The van der Waals surface area contributed by atoms with E-state index < -0.39 is 17.9 Å². The number of nitrogens with zero attached hydrogens (tertiary/aromatic N) is 3. The summed E-state index contributed by atoms with van der Waals surface area (Å²) in [6, 6.07) is 12.2. The second kappa shape index (κ2) is 9.12. The molecule has 2 atom stereocenters. The SMILES string of the molecule is CCOC(=O)[C@H]1C(=O)N(CCC(C)C)c2nc3ccccc3n2[C@H]1c1ccc(Cl)c(Cl)c1. The summed E-state index contributed by atoms with van der Waals surface area (Å²) >= 11 is 12.5. The summed E-state index contributed by atoms with van der Waals surface area (Å²) in [7, 11) is 0. The van der Waals surface area contributed by atoms with Crippen LogP contribution < -0.4 is 4.90 Å². The van der Waals surface area contributed by atoms with E-state index in [-0.39, 0.29) is 12.5 Å². The molecule has 0 bridgehead atoms. The molecule has 6 nitrogen and oxygen atoms in total. The van der Waals surface area contributed by atoms with Gasteiger partial charge in [0.25, 0.3) is 0 Å². The molecule has 0 unspecified atom stereocenters. The predicted molar refractivity (Wildman–Crippen MR) is 126 cm³/mol. The fourth-order valence-electron chi connectivity index (χ4n) is 4.14. The fraction of sp³-hybridized carbons (Fsp3) is 0.375. The number of rotatable bonds is 6. The Kier molecular flexibility index (Phi) is 6.45. The van der Waals surface area contributed by atoms with Crippen molar-refractivity contribution in [1.29, 1.82) is 0 Å². The number of halogens is 2. The van der Waals surface area contributed by atoms with Gasteiger partial charge in [-0.15, -0.1) is 0 Å². The number of ether oxygens (including phenoxy) is 1. The van der Waals surface area contributed by atoms with Gasteiger partial charge in [-0.3, -0.25) is 14.5 Å². The van der Waals surface area contributed by atoms with E-state index >= 15 is 0 Å². The Labute approximate surface area is 197 Å². The van der Waals surface area contributed by atoms with Crippen LogP contribution in [0.25, 0.3) is 11.0 Å². The second-order valence-corrected chi connectivity index (χ2v) is 9.11. The van der Waals surface area contributed by atoms with E-state index in [1.54, 1.807) is 30.0 Å². The predicted octanol–water partition coefficient (Wildman–Crippen LogP) is 5.50. The van der Waals surface area contributed by atoms with Gasteiger partial charge in [0.2, 0.25) is 11.9 Å². The number of amides is 1. The Morgan fingerprint density at radius 1 is 1.16 bits per heavy atom. The number of carbonyl (C=O) groups is 2. The molecule has 32 heavy (non-hydrogen) atoms. The third kappa shape index (κ3) is 3.97. The van der Waals surface area contributed by atoms with Crippen molar-refractivity contribution in [2.75, 3.05) is 18.1 Å². The van der Waals surface area contributed by atoms with Crippen LogP contribution >= 0.6 is 23.2 Å². The highest BCUT2D eigenvalue weighted by atomic mass is 35.5. The van der Waals surface area contributed by atoms with Gasteiger partial charge in [0.05, 0.1) is 33.7 Å². The van der Waals surface area contributed by atoms with Crippen molar-refractivity contribution in [3.05, 3.63) is 58.1 Å². The highest BCUT2D eigenvalue weighted by Crippen LogP contribution is 2.42. The lowest BCUT2D eigenvalue weighted by atomic mass is 9.89. The Hall–Kier alpha value is -2.57. The van der Waals surface area contributed by atoms with Crippen LogP contribution in [0.5, 0.6) is 0 Å². The first-order valence-electron chi connectivity index (χ1n) is 10.7. The van der Waals surface area contributed by atoms with Crippen molar-refractivity contribution in [2.24, 2.45) is 11.8 Å². The average molecular weight is 474 g/mol. The van der Waals surface area contributed by atoms with Crippen molar-refractivity contribution < 1.29 is 14.3 Å². The number of anilines is 1. The molecule has 2 heterocycles. The van der Waals surface area contributed by atoms with Gasteiger partial charge in [0, 0.05) is 6.54 Å². The average Bonchev–Trinajstić information content (AvgIpc) is 3.13. The second-order valence-electron chi connectivity index (χ2n) is 8.29. The molecule has 0 saturated carbocycles. The van der Waals surface area contributed by atoms with E-state index in [1.165, 1.54) is 0 Å². The largest absolute Gasteiger partial charge is 0.465 e. The molecule has 0 saturated heterocycles. The molecule has 2 aromatic carbocycles. The minimum Gasteiger partial charge on any atom is -0.465 e.